The molecule has 0 saturated carbocycles. The zero-order valence-electron chi connectivity index (χ0n) is 10.7. The van der Waals surface area contributed by atoms with Crippen LogP contribution in [0.5, 0.6) is 0 Å². The molecule has 5 nitrogen and oxygen atoms in total. The van der Waals surface area contributed by atoms with Crippen molar-refractivity contribution in [3.8, 4) is 11.8 Å². The number of amides is 1. The van der Waals surface area contributed by atoms with Crippen molar-refractivity contribution < 1.29 is 9.90 Å². The Bertz CT molecular complexity index is 629. The van der Waals surface area contributed by atoms with Crippen molar-refractivity contribution in [1.29, 1.82) is 0 Å². The number of aromatic nitrogens is 2. The van der Waals surface area contributed by atoms with Gasteiger partial charge < -0.3 is 10.4 Å². The summed E-state index contributed by atoms with van der Waals surface area (Å²) < 4.78 is 0. The molecule has 0 fully saturated rings. The molecule has 0 atom stereocenters. The van der Waals surface area contributed by atoms with E-state index < -0.39 is 0 Å². The molecule has 0 aliphatic heterocycles. The molecule has 20 heavy (non-hydrogen) atoms. The van der Waals surface area contributed by atoms with E-state index in [1.807, 2.05) is 11.4 Å². The van der Waals surface area contributed by atoms with E-state index in [0.717, 1.165) is 10.4 Å². The molecule has 2 aromatic rings. The first-order chi connectivity index (χ1) is 9.79. The smallest absolute Gasteiger partial charge is 0.254 e. The minimum absolute atomic E-state index is 0.0686. The van der Waals surface area contributed by atoms with Crippen molar-refractivity contribution in [1.82, 2.24) is 15.3 Å². The number of rotatable bonds is 4. The van der Waals surface area contributed by atoms with Gasteiger partial charge in [-0.1, -0.05) is 11.8 Å². The van der Waals surface area contributed by atoms with Crippen LogP contribution >= 0.6 is 11.3 Å². The molecule has 0 bridgehead atoms. The third-order valence-electron chi connectivity index (χ3n) is 2.37. The van der Waals surface area contributed by atoms with Crippen molar-refractivity contribution in [3.63, 3.8) is 0 Å². The summed E-state index contributed by atoms with van der Waals surface area (Å²) in [5, 5.41) is 13.4. The third kappa shape index (κ3) is 4.16. The zero-order chi connectivity index (χ0) is 14.2. The third-order valence-corrected chi connectivity index (χ3v) is 3.31. The van der Waals surface area contributed by atoms with Crippen LogP contribution < -0.4 is 5.32 Å². The fraction of sp³-hybridized carbons (Fsp3) is 0.214. The van der Waals surface area contributed by atoms with Gasteiger partial charge >= 0.3 is 0 Å². The maximum atomic E-state index is 11.8. The summed E-state index contributed by atoms with van der Waals surface area (Å²) in [6.45, 7) is 0.513. The van der Waals surface area contributed by atoms with Gasteiger partial charge in [-0.15, -0.1) is 11.3 Å². The molecule has 0 radical (unpaired) electrons. The topological polar surface area (TPSA) is 75.1 Å². The summed E-state index contributed by atoms with van der Waals surface area (Å²) in [5.74, 6) is 5.61. The predicted molar refractivity (Wildman–Crippen MR) is 76.1 cm³/mol. The second kappa shape index (κ2) is 7.38. The molecule has 0 aliphatic rings. The number of carbonyl (C=O) groups is 1. The van der Waals surface area contributed by atoms with Crippen LogP contribution in [0.4, 0.5) is 0 Å². The molecule has 102 valence electrons. The molecule has 1 amide bonds. The number of hydrogen-bond acceptors (Lipinski definition) is 5. The van der Waals surface area contributed by atoms with Crippen molar-refractivity contribution in [2.75, 3.05) is 6.61 Å². The maximum Gasteiger partial charge on any atom is 0.254 e. The molecule has 2 heterocycles. The standard InChI is InChI=1S/C14H13N3O2S/c18-4-2-1-3-11-5-13(20-9-11)8-17-14(19)12-6-15-10-16-7-12/h5-7,9-10,18H,2,4,8H2,(H,17,19). The molecule has 0 aromatic carbocycles. The summed E-state index contributed by atoms with van der Waals surface area (Å²) in [4.78, 5) is 20.4. The molecule has 0 unspecified atom stereocenters. The monoisotopic (exact) mass is 287 g/mol. The highest BCUT2D eigenvalue weighted by molar-refractivity contribution is 7.10. The first kappa shape index (κ1) is 14.2. The Morgan fingerprint density at radius 1 is 1.40 bits per heavy atom. The SMILES string of the molecule is O=C(NCc1cc(C#CCCO)cs1)c1cncnc1. The van der Waals surface area contributed by atoms with E-state index in [2.05, 4.69) is 27.1 Å². The van der Waals surface area contributed by atoms with Crippen LogP contribution in [0.15, 0.2) is 30.2 Å². The van der Waals surface area contributed by atoms with Gasteiger partial charge in [-0.25, -0.2) is 9.97 Å². The highest BCUT2D eigenvalue weighted by atomic mass is 32.1. The van der Waals surface area contributed by atoms with Gasteiger partial charge in [-0.2, -0.15) is 0 Å². The molecule has 2 aromatic heterocycles. The van der Waals surface area contributed by atoms with Gasteiger partial charge in [0.15, 0.2) is 0 Å². The molecular formula is C14H13N3O2S. The average molecular weight is 287 g/mol. The highest BCUT2D eigenvalue weighted by Gasteiger charge is 2.06. The van der Waals surface area contributed by atoms with Gasteiger partial charge in [0, 0.05) is 34.6 Å². The first-order valence-electron chi connectivity index (χ1n) is 6.00. The summed E-state index contributed by atoms with van der Waals surface area (Å²) in [6.07, 6.45) is 4.80. The second-order valence-corrected chi connectivity index (χ2v) is 4.88. The van der Waals surface area contributed by atoms with Crippen LogP contribution in [0.1, 0.15) is 27.2 Å². The van der Waals surface area contributed by atoms with Crippen LogP contribution in [0.25, 0.3) is 0 Å². The molecule has 6 heteroatoms. The van der Waals surface area contributed by atoms with Crippen LogP contribution in [0.3, 0.4) is 0 Å². The molecule has 0 aliphatic carbocycles. The lowest BCUT2D eigenvalue weighted by atomic mass is 10.3. The minimum atomic E-state index is -0.202. The van der Waals surface area contributed by atoms with Gasteiger partial charge in [0.05, 0.1) is 18.7 Å². The van der Waals surface area contributed by atoms with Gasteiger partial charge in [-0.3, -0.25) is 4.79 Å². The zero-order valence-corrected chi connectivity index (χ0v) is 11.5. The van der Waals surface area contributed by atoms with E-state index >= 15 is 0 Å². The van der Waals surface area contributed by atoms with E-state index in [0.29, 0.717) is 18.5 Å². The van der Waals surface area contributed by atoms with Crippen molar-refractivity contribution in [2.45, 2.75) is 13.0 Å². The van der Waals surface area contributed by atoms with Crippen molar-refractivity contribution in [3.05, 3.63) is 46.2 Å². The van der Waals surface area contributed by atoms with Crippen LogP contribution in [0.2, 0.25) is 0 Å². The number of aliphatic hydroxyl groups is 1. The summed E-state index contributed by atoms with van der Waals surface area (Å²) in [5.41, 5.74) is 1.34. The predicted octanol–water partition coefficient (Wildman–Crippen LogP) is 1.20. The maximum absolute atomic E-state index is 11.8. The average Bonchev–Trinajstić information content (AvgIpc) is 2.94. The Balaban J connectivity index is 1.89. The van der Waals surface area contributed by atoms with Crippen LogP contribution in [0, 0.1) is 11.8 Å². The molecule has 2 rings (SSSR count). The van der Waals surface area contributed by atoms with E-state index in [9.17, 15) is 4.79 Å². The first-order valence-corrected chi connectivity index (χ1v) is 6.88. The summed E-state index contributed by atoms with van der Waals surface area (Å²) in [7, 11) is 0. The molecule has 2 N–H and O–H groups in total. The Labute approximate surface area is 120 Å². The lowest BCUT2D eigenvalue weighted by Crippen LogP contribution is -2.22. The van der Waals surface area contributed by atoms with Gasteiger partial charge in [-0.05, 0) is 6.07 Å². The van der Waals surface area contributed by atoms with Gasteiger partial charge in [0.1, 0.15) is 6.33 Å². The molecule has 0 saturated heterocycles. The number of thiophene rings is 1. The van der Waals surface area contributed by atoms with E-state index in [4.69, 9.17) is 5.11 Å². The largest absolute Gasteiger partial charge is 0.395 e. The molecule has 0 spiro atoms. The number of carbonyl (C=O) groups excluding carboxylic acids is 1. The quantitative estimate of drug-likeness (QED) is 0.829. The Morgan fingerprint density at radius 3 is 2.95 bits per heavy atom. The van der Waals surface area contributed by atoms with Crippen LogP contribution in [-0.4, -0.2) is 27.6 Å². The summed E-state index contributed by atoms with van der Waals surface area (Å²) >= 11 is 1.53. The Kier molecular flexibility index (Phi) is 5.24. The number of aliphatic hydroxyl groups excluding tert-OH is 1. The van der Waals surface area contributed by atoms with E-state index in [1.165, 1.54) is 30.1 Å². The lowest BCUT2D eigenvalue weighted by molar-refractivity contribution is 0.0950. The highest BCUT2D eigenvalue weighted by Crippen LogP contribution is 2.13. The normalized spacial score (nSPS) is 9.65. The fourth-order valence-electron chi connectivity index (χ4n) is 1.45. The van der Waals surface area contributed by atoms with Crippen molar-refractivity contribution in [2.24, 2.45) is 0 Å². The van der Waals surface area contributed by atoms with E-state index in [-0.39, 0.29) is 12.5 Å². The number of hydrogen-bond donors (Lipinski definition) is 2. The van der Waals surface area contributed by atoms with Crippen LogP contribution in [-0.2, 0) is 6.54 Å². The van der Waals surface area contributed by atoms with Gasteiger partial charge in [0.25, 0.3) is 5.91 Å². The Hall–Kier alpha value is -2.23. The fourth-order valence-corrected chi connectivity index (χ4v) is 2.20. The number of nitrogens with one attached hydrogen (secondary N) is 1. The Morgan fingerprint density at radius 2 is 2.20 bits per heavy atom. The van der Waals surface area contributed by atoms with Crippen molar-refractivity contribution >= 4 is 17.2 Å². The summed E-state index contributed by atoms with van der Waals surface area (Å²) in [6, 6.07) is 1.93. The lowest BCUT2D eigenvalue weighted by Gasteiger charge is -2.01. The number of nitrogens with zero attached hydrogens (tertiary/aromatic N) is 2. The minimum Gasteiger partial charge on any atom is -0.395 e. The molecular weight excluding hydrogens is 274 g/mol. The van der Waals surface area contributed by atoms with E-state index in [1.54, 1.807) is 0 Å². The van der Waals surface area contributed by atoms with Gasteiger partial charge in [0.2, 0.25) is 0 Å². The second-order valence-electron chi connectivity index (χ2n) is 3.89.